The number of sulfone groups is 1. The molecule has 0 N–H and O–H groups in total. The van der Waals surface area contributed by atoms with Crippen molar-refractivity contribution < 1.29 is 12.9 Å². The van der Waals surface area contributed by atoms with E-state index in [-0.39, 0.29) is 4.90 Å². The van der Waals surface area contributed by atoms with E-state index < -0.39 is 15.1 Å². The van der Waals surface area contributed by atoms with Gasteiger partial charge in [-0.15, -0.1) is 0 Å². The minimum Gasteiger partial charge on any atom is -0.332 e. The molecule has 2 heterocycles. The molecule has 0 aliphatic carbocycles. The molecule has 0 unspecified atom stereocenters. The van der Waals surface area contributed by atoms with E-state index in [0.717, 1.165) is 11.3 Å². The van der Waals surface area contributed by atoms with Gasteiger partial charge in [-0.05, 0) is 63.6 Å². The fourth-order valence-electron chi connectivity index (χ4n) is 3.15. The summed E-state index contributed by atoms with van der Waals surface area (Å²) >= 11 is 0. The normalized spacial score (nSPS) is 11.9. The molecule has 4 rings (SSSR count). The van der Waals surface area contributed by atoms with Crippen LogP contribution in [0.2, 0.25) is 0 Å². The molecule has 0 amide bonds. The largest absolute Gasteiger partial charge is 0.332 e. The quantitative estimate of drug-likeness (QED) is 0.444. The smallest absolute Gasteiger partial charge is 0.278 e. The maximum atomic E-state index is 12.3. The average Bonchev–Trinajstić information content (AvgIpc) is 3.37. The summed E-state index contributed by atoms with van der Waals surface area (Å²) in [5.41, 5.74) is 4.63. The first-order valence-electron chi connectivity index (χ1n) is 10.0. The summed E-state index contributed by atoms with van der Waals surface area (Å²) in [4.78, 5) is 4.73. The van der Waals surface area contributed by atoms with E-state index in [1.807, 2.05) is 17.7 Å². The summed E-state index contributed by atoms with van der Waals surface area (Å²) in [5.74, 6) is 0.703. The first-order chi connectivity index (χ1) is 14.7. The Labute approximate surface area is 181 Å². The lowest BCUT2D eigenvalue weighted by Crippen LogP contribution is -2.13. The molecule has 8 heteroatoms. The van der Waals surface area contributed by atoms with Crippen molar-refractivity contribution in [2.75, 3.05) is 0 Å². The topological polar surface area (TPSA) is 90.9 Å². The molecule has 0 radical (unpaired) electrons. The molecule has 0 bridgehead atoms. The molecule has 0 spiro atoms. The van der Waals surface area contributed by atoms with Crippen LogP contribution >= 0.6 is 0 Å². The number of hydrogen-bond acceptors (Lipinski definition) is 6. The van der Waals surface area contributed by atoms with Gasteiger partial charge in [0.15, 0.2) is 15.5 Å². The third-order valence-corrected chi connectivity index (χ3v) is 7.31. The number of hydrogen-bond donors (Lipinski definition) is 0. The number of aryl methyl sites for hydroxylation is 2. The number of nitrogens with zero attached hydrogens (tertiary/aromatic N) is 4. The highest BCUT2D eigenvalue weighted by Gasteiger charge is 2.20. The van der Waals surface area contributed by atoms with Crippen LogP contribution in [0.5, 0.6) is 0 Å². The molecule has 0 saturated carbocycles. The zero-order chi connectivity index (χ0) is 22.2. The average molecular weight is 437 g/mol. The first-order valence-corrected chi connectivity index (χ1v) is 11.6. The Bertz CT molecular complexity index is 1300. The van der Waals surface area contributed by atoms with Gasteiger partial charge in [0.1, 0.15) is 0 Å². The van der Waals surface area contributed by atoms with E-state index in [4.69, 9.17) is 4.52 Å². The van der Waals surface area contributed by atoms with Crippen molar-refractivity contribution in [3.05, 3.63) is 71.4 Å². The van der Waals surface area contributed by atoms with Crippen LogP contribution in [0.25, 0.3) is 23.0 Å². The molecule has 2 aromatic carbocycles. The molecule has 2 aromatic heterocycles. The van der Waals surface area contributed by atoms with Crippen molar-refractivity contribution in [3.8, 4) is 23.0 Å². The highest BCUT2D eigenvalue weighted by molar-refractivity contribution is 7.92. The van der Waals surface area contributed by atoms with Crippen LogP contribution in [0.4, 0.5) is 0 Å². The first kappa shape index (κ1) is 21.0. The molecule has 0 aliphatic heterocycles. The fraction of sp³-hybridized carbons (Fsp3) is 0.261. The van der Waals surface area contributed by atoms with Crippen LogP contribution in [-0.4, -0.2) is 33.6 Å². The lowest BCUT2D eigenvalue weighted by molar-refractivity contribution is 0.430. The second-order valence-corrected chi connectivity index (χ2v) is 10.4. The Morgan fingerprint density at radius 1 is 1.00 bits per heavy atom. The Morgan fingerprint density at radius 2 is 1.68 bits per heavy atom. The van der Waals surface area contributed by atoms with Crippen molar-refractivity contribution in [2.24, 2.45) is 0 Å². The Balaban J connectivity index is 1.56. The Hall–Kier alpha value is -3.26. The van der Waals surface area contributed by atoms with Crippen molar-refractivity contribution in [2.45, 2.75) is 44.4 Å². The summed E-state index contributed by atoms with van der Waals surface area (Å²) in [6, 6.07) is 16.8. The molecule has 0 fully saturated rings. The second-order valence-electron chi connectivity index (χ2n) is 7.86. The van der Waals surface area contributed by atoms with Crippen LogP contribution in [0.15, 0.2) is 64.0 Å². The van der Waals surface area contributed by atoms with Crippen molar-refractivity contribution in [1.82, 2.24) is 19.9 Å². The van der Waals surface area contributed by atoms with Crippen LogP contribution in [0.1, 0.15) is 30.7 Å². The van der Waals surface area contributed by atoms with E-state index in [0.29, 0.717) is 29.5 Å². The van der Waals surface area contributed by atoms with Crippen LogP contribution < -0.4 is 0 Å². The molecular formula is C23H24N4O3S. The summed E-state index contributed by atoms with van der Waals surface area (Å²) in [7, 11) is -3.32. The van der Waals surface area contributed by atoms with Crippen LogP contribution in [0.3, 0.4) is 0 Å². The Kier molecular flexibility index (Phi) is 5.49. The molecule has 0 atom stereocenters. The van der Waals surface area contributed by atoms with Gasteiger partial charge >= 0.3 is 0 Å². The summed E-state index contributed by atoms with van der Waals surface area (Å²) in [6.07, 6.45) is 0. The van der Waals surface area contributed by atoms with E-state index in [2.05, 4.69) is 46.4 Å². The van der Waals surface area contributed by atoms with Gasteiger partial charge in [-0.1, -0.05) is 35.0 Å². The van der Waals surface area contributed by atoms with Gasteiger partial charge in [0.2, 0.25) is 5.82 Å². The standard InChI is InChI=1S/C23H24N4O3S/c1-15(2)31(28,29)20-11-9-19(10-12-20)22-24-23(30-26-22)21-13-17(4)27(25-21)14-18-7-5-16(3)6-8-18/h5-13,15H,14H2,1-4H3. The lowest BCUT2D eigenvalue weighted by Gasteiger charge is -2.07. The Morgan fingerprint density at radius 3 is 2.32 bits per heavy atom. The van der Waals surface area contributed by atoms with E-state index >= 15 is 0 Å². The summed E-state index contributed by atoms with van der Waals surface area (Å²) < 4.78 is 31.9. The van der Waals surface area contributed by atoms with Gasteiger partial charge in [0.25, 0.3) is 5.89 Å². The fourth-order valence-corrected chi connectivity index (χ4v) is 4.21. The lowest BCUT2D eigenvalue weighted by atomic mass is 10.1. The number of benzene rings is 2. The summed E-state index contributed by atoms with van der Waals surface area (Å²) in [5, 5.41) is 8.17. The molecule has 7 nitrogen and oxygen atoms in total. The third-order valence-electron chi connectivity index (χ3n) is 5.14. The predicted molar refractivity (Wildman–Crippen MR) is 118 cm³/mol. The molecule has 0 saturated heterocycles. The van der Waals surface area contributed by atoms with Crippen molar-refractivity contribution >= 4 is 9.84 Å². The van der Waals surface area contributed by atoms with E-state index in [9.17, 15) is 8.42 Å². The van der Waals surface area contributed by atoms with Gasteiger partial charge in [0.05, 0.1) is 16.7 Å². The molecule has 160 valence electrons. The molecule has 4 aromatic rings. The number of aromatic nitrogens is 4. The third kappa shape index (κ3) is 4.29. The van der Waals surface area contributed by atoms with Gasteiger partial charge in [-0.2, -0.15) is 10.1 Å². The van der Waals surface area contributed by atoms with Gasteiger partial charge in [0, 0.05) is 11.3 Å². The van der Waals surface area contributed by atoms with E-state index in [1.165, 1.54) is 5.56 Å². The van der Waals surface area contributed by atoms with Crippen LogP contribution in [-0.2, 0) is 16.4 Å². The SMILES string of the molecule is Cc1ccc(Cn2nc(-c3nc(-c4ccc(S(=O)(=O)C(C)C)cc4)no3)cc2C)cc1. The van der Waals surface area contributed by atoms with Crippen LogP contribution in [0, 0.1) is 13.8 Å². The highest BCUT2D eigenvalue weighted by atomic mass is 32.2. The highest BCUT2D eigenvalue weighted by Crippen LogP contribution is 2.24. The molecule has 0 aliphatic rings. The summed E-state index contributed by atoms with van der Waals surface area (Å²) in [6.45, 7) is 8.02. The minimum atomic E-state index is -3.32. The van der Waals surface area contributed by atoms with Gasteiger partial charge < -0.3 is 4.52 Å². The minimum absolute atomic E-state index is 0.278. The van der Waals surface area contributed by atoms with Crippen molar-refractivity contribution in [3.63, 3.8) is 0 Å². The maximum Gasteiger partial charge on any atom is 0.278 e. The maximum absolute atomic E-state index is 12.3. The monoisotopic (exact) mass is 436 g/mol. The van der Waals surface area contributed by atoms with Gasteiger partial charge in [-0.25, -0.2) is 8.42 Å². The second kappa shape index (κ2) is 8.11. The van der Waals surface area contributed by atoms with Gasteiger partial charge in [-0.3, -0.25) is 4.68 Å². The zero-order valence-electron chi connectivity index (χ0n) is 17.9. The van der Waals surface area contributed by atoms with Crippen molar-refractivity contribution in [1.29, 1.82) is 0 Å². The zero-order valence-corrected chi connectivity index (χ0v) is 18.7. The molecule has 31 heavy (non-hydrogen) atoms. The predicted octanol–water partition coefficient (Wildman–Crippen LogP) is 4.45. The number of rotatable bonds is 6. The molecular weight excluding hydrogens is 412 g/mol. The van der Waals surface area contributed by atoms with E-state index in [1.54, 1.807) is 38.1 Å².